The summed E-state index contributed by atoms with van der Waals surface area (Å²) in [4.78, 5) is 25.1. The molecule has 0 bridgehead atoms. The highest BCUT2D eigenvalue weighted by Gasteiger charge is 2.29. The number of carbonyl (C=O) groups excluding carboxylic acids is 1. The van der Waals surface area contributed by atoms with Crippen LogP contribution in [-0.2, 0) is 10.0 Å². The topological polar surface area (TPSA) is 166 Å². The fourth-order valence-corrected chi connectivity index (χ4v) is 6.78. The van der Waals surface area contributed by atoms with Gasteiger partial charge < -0.3 is 27.0 Å². The summed E-state index contributed by atoms with van der Waals surface area (Å²) in [7, 11) is -2.27. The monoisotopic (exact) mass is 589 g/mol. The average Bonchev–Trinajstić information content (AvgIpc) is 2.97. The molecule has 1 aromatic heterocycles. The Morgan fingerprint density at radius 1 is 1.27 bits per heavy atom. The molecule has 1 saturated heterocycles. The van der Waals surface area contributed by atoms with Crippen molar-refractivity contribution in [3.8, 4) is 0 Å². The Kier molecular flexibility index (Phi) is 10.1. The number of sulfonamides is 1. The Balaban J connectivity index is 1.45. The number of nitrogens with two attached hydrogens (primary N) is 1. The van der Waals surface area contributed by atoms with Gasteiger partial charge in [-0.05, 0) is 37.1 Å². The van der Waals surface area contributed by atoms with Crippen molar-refractivity contribution in [2.24, 2.45) is 21.6 Å². The van der Waals surface area contributed by atoms with Gasteiger partial charge in [0.1, 0.15) is 10.7 Å². The number of halogens is 1. The highest BCUT2D eigenvalue weighted by atomic mass is 35.5. The zero-order valence-electron chi connectivity index (χ0n) is 22.6. The summed E-state index contributed by atoms with van der Waals surface area (Å²) < 4.78 is 27.6. The van der Waals surface area contributed by atoms with E-state index in [0.717, 1.165) is 36.3 Å². The molecular weight excluding hydrogens is 554 g/mol. The van der Waals surface area contributed by atoms with E-state index in [2.05, 4.69) is 31.2 Å². The molecule has 2 amide bonds. The van der Waals surface area contributed by atoms with E-state index in [9.17, 15) is 13.2 Å². The Morgan fingerprint density at radius 3 is 2.75 bits per heavy atom. The second-order valence-electron chi connectivity index (χ2n) is 9.51. The molecule has 1 fully saturated rings. The molecule has 2 aliphatic heterocycles. The summed E-state index contributed by atoms with van der Waals surface area (Å²) in [5.41, 5.74) is 8.51. The van der Waals surface area contributed by atoms with Gasteiger partial charge in [-0.2, -0.15) is 4.31 Å². The number of nitrogens with one attached hydrogen (secondary N) is 4. The van der Waals surface area contributed by atoms with Crippen LogP contribution in [0.3, 0.4) is 0 Å². The van der Waals surface area contributed by atoms with Crippen molar-refractivity contribution < 1.29 is 13.2 Å². The van der Waals surface area contributed by atoms with E-state index < -0.39 is 16.3 Å². The minimum Gasteiger partial charge on any atom is -0.341 e. The van der Waals surface area contributed by atoms with Gasteiger partial charge in [-0.3, -0.25) is 4.99 Å². The largest absolute Gasteiger partial charge is 0.341 e. The van der Waals surface area contributed by atoms with Crippen LogP contribution in [0.5, 0.6) is 0 Å². The highest BCUT2D eigenvalue weighted by molar-refractivity contribution is 7.89. The standard InChI is InChI=1S/C26H36ClN9O3S/c1-3-36(13-10-28)40(38,39)23-15-24(32-16-20(23)27)35-25-31-12-9-21(34-25)18-8-11-30-22(14-18)17-4-6-19(7-5-17)33-26(37)29-2/h4-7,12,15-16,18,22,25,30H,3,8-11,13-14,28H2,1-2H3,(H,32,35)(H2,29,33,37). The second kappa shape index (κ2) is 13.5. The number of likely N-dealkylation sites (N-methyl/N-ethyl adjacent to an activating group) is 1. The minimum atomic E-state index is -3.84. The number of aromatic nitrogens is 1. The van der Waals surface area contributed by atoms with Gasteiger partial charge in [0.15, 0.2) is 0 Å². The lowest BCUT2D eigenvalue weighted by atomic mass is 9.84. The van der Waals surface area contributed by atoms with Crippen LogP contribution >= 0.6 is 11.6 Å². The number of piperidine rings is 1. The van der Waals surface area contributed by atoms with Gasteiger partial charge in [0.2, 0.25) is 16.3 Å². The summed E-state index contributed by atoms with van der Waals surface area (Å²) in [5.74, 6) is 0.571. The number of carbonyl (C=O) groups is 1. The van der Waals surface area contributed by atoms with Crippen LogP contribution in [0.15, 0.2) is 51.4 Å². The van der Waals surface area contributed by atoms with Gasteiger partial charge in [0.05, 0.1) is 5.02 Å². The van der Waals surface area contributed by atoms with Gasteiger partial charge in [-0.1, -0.05) is 30.7 Å². The van der Waals surface area contributed by atoms with Crippen molar-refractivity contribution in [2.45, 2.75) is 43.4 Å². The van der Waals surface area contributed by atoms with Crippen LogP contribution in [0.25, 0.3) is 0 Å². The number of hydrogen-bond donors (Lipinski definition) is 5. The first-order valence-corrected chi connectivity index (χ1v) is 15.1. The molecular formula is C26H36ClN9O3S. The molecule has 6 N–H and O–H groups in total. The van der Waals surface area contributed by atoms with Gasteiger partial charge in [-0.25, -0.2) is 23.2 Å². The first-order valence-electron chi connectivity index (χ1n) is 13.3. The lowest BCUT2D eigenvalue weighted by Crippen LogP contribution is -2.36. The molecule has 3 heterocycles. The lowest BCUT2D eigenvalue weighted by molar-refractivity contribution is 0.254. The van der Waals surface area contributed by atoms with E-state index in [1.54, 1.807) is 14.0 Å². The summed E-state index contributed by atoms with van der Waals surface area (Å²) in [6, 6.07) is 9.13. The normalized spacial score (nSPS) is 21.1. The zero-order valence-corrected chi connectivity index (χ0v) is 24.2. The quantitative estimate of drug-likeness (QED) is 0.284. The summed E-state index contributed by atoms with van der Waals surface area (Å²) in [6.07, 6.45) is 5.01. The molecule has 0 saturated carbocycles. The number of benzene rings is 1. The summed E-state index contributed by atoms with van der Waals surface area (Å²) in [5, 5.41) is 12.1. The predicted octanol–water partition coefficient (Wildman–Crippen LogP) is 2.81. The van der Waals surface area contributed by atoms with Crippen molar-refractivity contribution >= 4 is 51.1 Å². The van der Waals surface area contributed by atoms with Crippen LogP contribution in [0, 0.1) is 5.92 Å². The Hall–Kier alpha value is -3.10. The maximum atomic E-state index is 13.2. The van der Waals surface area contributed by atoms with E-state index in [0.29, 0.717) is 12.2 Å². The first kappa shape index (κ1) is 29.9. The number of amides is 2. The number of pyridine rings is 1. The third-order valence-electron chi connectivity index (χ3n) is 6.95. The Bertz CT molecular complexity index is 1350. The molecule has 4 rings (SSSR count). The molecule has 12 nitrogen and oxygen atoms in total. The summed E-state index contributed by atoms with van der Waals surface area (Å²) >= 11 is 6.24. The van der Waals surface area contributed by atoms with E-state index in [-0.39, 0.29) is 47.5 Å². The average molecular weight is 590 g/mol. The van der Waals surface area contributed by atoms with Crippen LogP contribution in [-0.4, -0.2) is 75.2 Å². The van der Waals surface area contributed by atoms with E-state index in [1.165, 1.54) is 16.6 Å². The SMILES string of the molecule is CCN(CCN)S(=O)(=O)c1cc(NC2N=CCC(C3CCNC(c4ccc(NC(=O)NC)cc4)C3)=N2)ncc1Cl. The fourth-order valence-electron chi connectivity index (χ4n) is 4.86. The van der Waals surface area contributed by atoms with Crippen molar-refractivity contribution in [1.82, 2.24) is 19.9 Å². The number of aliphatic imine (C=N–C) groups is 2. The van der Waals surface area contributed by atoms with Crippen LogP contribution in [0.2, 0.25) is 5.02 Å². The Morgan fingerprint density at radius 2 is 2.05 bits per heavy atom. The van der Waals surface area contributed by atoms with Crippen molar-refractivity contribution in [3.05, 3.63) is 47.1 Å². The van der Waals surface area contributed by atoms with Crippen LogP contribution in [0.4, 0.5) is 16.3 Å². The number of urea groups is 1. The molecule has 3 unspecified atom stereocenters. The molecule has 14 heteroatoms. The number of nitrogens with zero attached hydrogens (tertiary/aromatic N) is 4. The minimum absolute atomic E-state index is 0.0375. The molecule has 2 aliphatic rings. The maximum Gasteiger partial charge on any atom is 0.318 e. The molecule has 3 atom stereocenters. The summed E-state index contributed by atoms with van der Waals surface area (Å²) in [6.45, 7) is 3.26. The molecule has 2 aromatic rings. The zero-order chi connectivity index (χ0) is 28.7. The number of rotatable bonds is 10. The molecule has 216 valence electrons. The third kappa shape index (κ3) is 7.15. The molecule has 0 spiro atoms. The van der Waals surface area contributed by atoms with Crippen LogP contribution < -0.4 is 27.0 Å². The maximum absolute atomic E-state index is 13.2. The van der Waals surface area contributed by atoms with Gasteiger partial charge in [0, 0.05) is 74.9 Å². The van der Waals surface area contributed by atoms with Crippen molar-refractivity contribution in [1.29, 1.82) is 0 Å². The first-order chi connectivity index (χ1) is 19.2. The van der Waals surface area contributed by atoms with Gasteiger partial charge >= 0.3 is 6.03 Å². The highest BCUT2D eigenvalue weighted by Crippen LogP contribution is 2.31. The number of hydrogen-bond acceptors (Lipinski definition) is 9. The van der Waals surface area contributed by atoms with Gasteiger partial charge in [-0.15, -0.1) is 0 Å². The van der Waals surface area contributed by atoms with E-state index in [4.69, 9.17) is 22.3 Å². The fraction of sp³-hybridized carbons (Fsp3) is 0.462. The molecule has 1 aromatic carbocycles. The van der Waals surface area contributed by atoms with E-state index in [1.807, 2.05) is 30.5 Å². The smallest absolute Gasteiger partial charge is 0.318 e. The lowest BCUT2D eigenvalue weighted by Gasteiger charge is -2.32. The molecule has 0 aliphatic carbocycles. The molecule has 0 radical (unpaired) electrons. The second-order valence-corrected chi connectivity index (χ2v) is 11.8. The predicted molar refractivity (Wildman–Crippen MR) is 159 cm³/mol. The van der Waals surface area contributed by atoms with E-state index >= 15 is 0 Å². The van der Waals surface area contributed by atoms with Crippen molar-refractivity contribution in [2.75, 3.05) is 43.9 Å². The van der Waals surface area contributed by atoms with Crippen molar-refractivity contribution in [3.63, 3.8) is 0 Å². The number of anilines is 2. The third-order valence-corrected chi connectivity index (χ3v) is 9.38. The Labute approximate surface area is 239 Å². The molecule has 40 heavy (non-hydrogen) atoms. The van der Waals surface area contributed by atoms with Crippen LogP contribution in [0.1, 0.15) is 37.8 Å². The van der Waals surface area contributed by atoms with Gasteiger partial charge in [0.25, 0.3) is 0 Å².